The predicted octanol–water partition coefficient (Wildman–Crippen LogP) is 9.93. The third-order valence-electron chi connectivity index (χ3n) is 13.2. The summed E-state index contributed by atoms with van der Waals surface area (Å²) in [5, 5.41) is 9.43. The third kappa shape index (κ3) is 5.19. The van der Waals surface area contributed by atoms with E-state index in [-0.39, 0.29) is 5.04 Å². The quantitative estimate of drug-likeness (QED) is 0.158. The van der Waals surface area contributed by atoms with Crippen molar-refractivity contribution in [2.24, 2.45) is 39.6 Å². The largest absolute Gasteiger partial charge is 0.414 e. The van der Waals surface area contributed by atoms with Gasteiger partial charge in [0.2, 0.25) is 0 Å². The molecule has 38 heavy (non-hydrogen) atoms. The highest BCUT2D eigenvalue weighted by Crippen LogP contribution is 2.66. The van der Waals surface area contributed by atoms with Gasteiger partial charge in [0, 0.05) is 17.7 Å². The standard InChI is InChI=1S/C33H62N2OSi2/c1-23(34-35-37(10,11)30(2,3)4)27-16-17-28-26-15-14-24-22-25(36-38(12,13)31(5,6)7)18-20-32(24,8)29(26)19-21-33(27,28)9/h14,25-29,35H,15-22H2,1-13H3/b34-23+. The van der Waals surface area contributed by atoms with Gasteiger partial charge >= 0.3 is 0 Å². The molecule has 0 amide bonds. The van der Waals surface area contributed by atoms with Crippen LogP contribution >= 0.6 is 0 Å². The lowest BCUT2D eigenvalue weighted by atomic mass is 9.47. The number of hydrogen-bond acceptors (Lipinski definition) is 3. The van der Waals surface area contributed by atoms with Crippen molar-refractivity contribution in [3.63, 3.8) is 0 Å². The molecule has 218 valence electrons. The van der Waals surface area contributed by atoms with Crippen molar-refractivity contribution in [3.05, 3.63) is 11.6 Å². The molecule has 4 rings (SSSR count). The highest BCUT2D eigenvalue weighted by molar-refractivity contribution is 6.77. The Hall–Kier alpha value is -0.396. The van der Waals surface area contributed by atoms with E-state index in [9.17, 15) is 0 Å². The molecule has 3 nitrogen and oxygen atoms in total. The summed E-state index contributed by atoms with van der Waals surface area (Å²) in [6, 6.07) is 0. The van der Waals surface area contributed by atoms with Crippen LogP contribution in [-0.2, 0) is 4.43 Å². The summed E-state index contributed by atoms with van der Waals surface area (Å²) in [5.41, 5.74) is 3.93. The zero-order chi connectivity index (χ0) is 28.5. The minimum atomic E-state index is -1.72. The first kappa shape index (κ1) is 30.6. The van der Waals surface area contributed by atoms with Crippen LogP contribution in [0.25, 0.3) is 0 Å². The van der Waals surface area contributed by atoms with Crippen molar-refractivity contribution < 1.29 is 4.43 Å². The molecule has 0 heterocycles. The van der Waals surface area contributed by atoms with Gasteiger partial charge in [-0.15, -0.1) is 0 Å². The molecule has 7 unspecified atom stereocenters. The van der Waals surface area contributed by atoms with Gasteiger partial charge in [-0.3, -0.25) is 0 Å². The Morgan fingerprint density at radius 1 is 0.921 bits per heavy atom. The molecule has 4 aliphatic rings. The zero-order valence-corrected chi connectivity index (χ0v) is 29.5. The Labute approximate surface area is 238 Å². The van der Waals surface area contributed by atoms with Gasteiger partial charge in [0.1, 0.15) is 0 Å². The van der Waals surface area contributed by atoms with Crippen LogP contribution in [0, 0.1) is 34.5 Å². The Bertz CT molecular complexity index is 955. The molecule has 0 aromatic rings. The first-order valence-corrected chi connectivity index (χ1v) is 21.8. The number of nitrogens with zero attached hydrogens (tertiary/aromatic N) is 1. The lowest BCUT2D eigenvalue weighted by Gasteiger charge is -2.58. The SMILES string of the molecule is C/C(=N\N[Si](C)(C)C(C)(C)C)C1CCC2C3CC=C4CC(O[Si](C)(C)C(C)(C)C)CCC4(C)C3CCC12C. The van der Waals surface area contributed by atoms with Crippen LogP contribution in [0.3, 0.4) is 0 Å². The Morgan fingerprint density at radius 2 is 1.58 bits per heavy atom. The molecule has 1 N–H and O–H groups in total. The summed E-state index contributed by atoms with van der Waals surface area (Å²) in [5.74, 6) is 3.19. The van der Waals surface area contributed by atoms with Crippen LogP contribution in [0.4, 0.5) is 0 Å². The van der Waals surface area contributed by atoms with Crippen LogP contribution < -0.4 is 5.09 Å². The highest BCUT2D eigenvalue weighted by Gasteiger charge is 2.59. The van der Waals surface area contributed by atoms with Crippen LogP contribution in [0.15, 0.2) is 16.8 Å². The molecule has 5 heteroatoms. The van der Waals surface area contributed by atoms with Crippen molar-refractivity contribution in [2.45, 2.75) is 156 Å². The summed E-state index contributed by atoms with van der Waals surface area (Å²) >= 11 is 0. The zero-order valence-electron chi connectivity index (χ0n) is 27.5. The second-order valence-corrected chi connectivity index (χ2v) is 27.1. The number of fused-ring (bicyclic) bond motifs is 5. The van der Waals surface area contributed by atoms with Crippen LogP contribution in [0.1, 0.15) is 114 Å². The molecule has 3 saturated carbocycles. The van der Waals surface area contributed by atoms with Crippen molar-refractivity contribution in [3.8, 4) is 0 Å². The van der Waals surface area contributed by atoms with E-state index in [0.29, 0.717) is 27.9 Å². The molecule has 7 atom stereocenters. The van der Waals surface area contributed by atoms with E-state index in [1.54, 1.807) is 5.57 Å². The monoisotopic (exact) mass is 558 g/mol. The van der Waals surface area contributed by atoms with E-state index < -0.39 is 16.6 Å². The molecule has 0 saturated heterocycles. The molecule has 0 radical (unpaired) electrons. The Kier molecular flexibility index (Phi) is 7.93. The Balaban J connectivity index is 1.49. The van der Waals surface area contributed by atoms with Gasteiger partial charge in [-0.1, -0.05) is 67.0 Å². The molecule has 4 aliphatic carbocycles. The second-order valence-electron chi connectivity index (χ2n) is 17.4. The fourth-order valence-corrected chi connectivity index (χ4v) is 10.7. The van der Waals surface area contributed by atoms with Gasteiger partial charge in [0.25, 0.3) is 0 Å². The number of allylic oxidation sites excluding steroid dienone is 1. The minimum Gasteiger partial charge on any atom is -0.414 e. The summed E-state index contributed by atoms with van der Waals surface area (Å²) in [6.45, 7) is 31.5. The van der Waals surface area contributed by atoms with Gasteiger partial charge in [0.15, 0.2) is 16.6 Å². The predicted molar refractivity (Wildman–Crippen MR) is 171 cm³/mol. The Morgan fingerprint density at radius 3 is 2.18 bits per heavy atom. The fourth-order valence-electron chi connectivity index (χ4n) is 8.48. The van der Waals surface area contributed by atoms with Crippen molar-refractivity contribution in [1.82, 2.24) is 5.09 Å². The first-order valence-electron chi connectivity index (χ1n) is 15.9. The molecule has 0 bridgehead atoms. The number of rotatable bonds is 5. The average molecular weight is 559 g/mol. The summed E-state index contributed by atoms with van der Waals surface area (Å²) < 4.78 is 6.95. The fraction of sp³-hybridized carbons (Fsp3) is 0.909. The molecular weight excluding hydrogens is 497 g/mol. The van der Waals surface area contributed by atoms with Gasteiger partial charge < -0.3 is 9.52 Å². The molecule has 0 aromatic carbocycles. The number of hydrazone groups is 1. The smallest absolute Gasteiger partial charge is 0.192 e. The maximum absolute atomic E-state index is 6.95. The molecule has 0 spiro atoms. The molecule has 3 fully saturated rings. The highest BCUT2D eigenvalue weighted by atomic mass is 28.4. The average Bonchev–Trinajstić information content (AvgIpc) is 3.13. The first-order chi connectivity index (χ1) is 17.2. The lowest BCUT2D eigenvalue weighted by molar-refractivity contribution is -0.0413. The van der Waals surface area contributed by atoms with Crippen LogP contribution in [0.5, 0.6) is 0 Å². The van der Waals surface area contributed by atoms with Crippen molar-refractivity contribution in [1.29, 1.82) is 0 Å². The van der Waals surface area contributed by atoms with Crippen molar-refractivity contribution >= 4 is 22.3 Å². The summed E-state index contributed by atoms with van der Waals surface area (Å²) in [6.07, 6.45) is 13.7. The van der Waals surface area contributed by atoms with Crippen LogP contribution in [0.2, 0.25) is 36.3 Å². The van der Waals surface area contributed by atoms with E-state index >= 15 is 0 Å². The van der Waals surface area contributed by atoms with E-state index in [4.69, 9.17) is 9.53 Å². The lowest BCUT2D eigenvalue weighted by Crippen LogP contribution is -2.52. The number of nitrogens with one attached hydrogen (secondary N) is 1. The summed E-state index contributed by atoms with van der Waals surface area (Å²) in [7, 11) is -3.35. The van der Waals surface area contributed by atoms with Gasteiger partial charge in [-0.25, -0.2) is 0 Å². The molecule has 0 aliphatic heterocycles. The van der Waals surface area contributed by atoms with Gasteiger partial charge in [-0.05, 0) is 123 Å². The maximum Gasteiger partial charge on any atom is 0.192 e. The minimum absolute atomic E-state index is 0.286. The topological polar surface area (TPSA) is 33.6 Å². The summed E-state index contributed by atoms with van der Waals surface area (Å²) in [4.78, 5) is 0. The normalized spacial score (nSPS) is 38.7. The van der Waals surface area contributed by atoms with Gasteiger partial charge in [0.05, 0.1) is 0 Å². The van der Waals surface area contributed by atoms with E-state index in [1.807, 2.05) is 0 Å². The molecular formula is C33H62N2OSi2. The van der Waals surface area contributed by atoms with E-state index in [1.165, 1.54) is 57.1 Å². The maximum atomic E-state index is 6.95. The van der Waals surface area contributed by atoms with Crippen LogP contribution in [-0.4, -0.2) is 28.4 Å². The third-order valence-corrected chi connectivity index (χ3v) is 22.2. The second kappa shape index (κ2) is 9.86. The van der Waals surface area contributed by atoms with Gasteiger partial charge in [-0.2, -0.15) is 5.10 Å². The number of hydrogen-bond donors (Lipinski definition) is 1. The van der Waals surface area contributed by atoms with E-state index in [0.717, 1.165) is 17.8 Å². The van der Waals surface area contributed by atoms with Crippen molar-refractivity contribution in [2.75, 3.05) is 0 Å². The van der Waals surface area contributed by atoms with E-state index in [2.05, 4.69) is 99.7 Å². The molecule has 0 aromatic heterocycles.